The molecule has 4 heteroatoms. The summed E-state index contributed by atoms with van der Waals surface area (Å²) in [7, 11) is 1.55. The first kappa shape index (κ1) is 8.99. The highest BCUT2D eigenvalue weighted by molar-refractivity contribution is 5.81. The summed E-state index contributed by atoms with van der Waals surface area (Å²) in [5.74, 6) is 0.671. The number of alkyl halides is 2. The number of aromatic nitrogens is 1. The summed E-state index contributed by atoms with van der Waals surface area (Å²) in [6, 6.07) is 6.67. The highest BCUT2D eigenvalue weighted by atomic mass is 19.3. The molecule has 0 aliphatic heterocycles. The van der Waals surface area contributed by atoms with Crippen molar-refractivity contribution in [1.29, 1.82) is 0 Å². The predicted molar refractivity (Wildman–Crippen MR) is 49.7 cm³/mol. The molecule has 2 aromatic rings. The molecule has 0 radical (unpaired) electrons. The van der Waals surface area contributed by atoms with Crippen molar-refractivity contribution in [3.05, 3.63) is 30.5 Å². The fourth-order valence-corrected chi connectivity index (χ4v) is 1.44. The molecule has 0 spiro atoms. The van der Waals surface area contributed by atoms with Crippen molar-refractivity contribution in [2.45, 2.75) is 6.55 Å². The van der Waals surface area contributed by atoms with E-state index in [9.17, 15) is 8.78 Å². The van der Waals surface area contributed by atoms with Gasteiger partial charge in [0.25, 0.3) is 0 Å². The van der Waals surface area contributed by atoms with E-state index >= 15 is 0 Å². The Morgan fingerprint density at radius 3 is 2.71 bits per heavy atom. The second-order valence-corrected chi connectivity index (χ2v) is 2.93. The molecule has 14 heavy (non-hydrogen) atoms. The highest BCUT2D eigenvalue weighted by Crippen LogP contribution is 2.25. The lowest BCUT2D eigenvalue weighted by molar-refractivity contribution is 0.0752. The topological polar surface area (TPSA) is 14.2 Å². The molecule has 0 amide bonds. The number of methoxy groups -OCH3 is 1. The number of nitrogens with zero attached hydrogens (tertiary/aromatic N) is 1. The smallest absolute Gasteiger partial charge is 0.319 e. The molecule has 0 aliphatic rings. The maximum atomic E-state index is 12.4. The molecule has 2 nitrogen and oxygen atoms in total. The van der Waals surface area contributed by atoms with Gasteiger partial charge in [0.2, 0.25) is 0 Å². The van der Waals surface area contributed by atoms with Crippen molar-refractivity contribution in [3.8, 4) is 5.75 Å². The van der Waals surface area contributed by atoms with Crippen LogP contribution >= 0.6 is 0 Å². The van der Waals surface area contributed by atoms with E-state index in [1.807, 2.05) is 0 Å². The number of fused-ring (bicyclic) bond motifs is 1. The Kier molecular flexibility index (Phi) is 2.11. The number of hydrogen-bond acceptors (Lipinski definition) is 1. The third kappa shape index (κ3) is 1.32. The summed E-state index contributed by atoms with van der Waals surface area (Å²) in [5.41, 5.74) is 0.515. The van der Waals surface area contributed by atoms with Crippen LogP contribution in [0.2, 0.25) is 0 Å². The van der Waals surface area contributed by atoms with Gasteiger partial charge in [0.05, 0.1) is 12.6 Å². The Balaban J connectivity index is 2.59. The van der Waals surface area contributed by atoms with E-state index < -0.39 is 6.55 Å². The molecule has 0 aliphatic carbocycles. The zero-order chi connectivity index (χ0) is 10.1. The zero-order valence-electron chi connectivity index (χ0n) is 7.58. The molecule has 2 rings (SSSR count). The SMILES string of the molecule is COc1ccc2c(ccn2C(F)F)c1. The molecule has 1 aromatic heterocycles. The molecular weight excluding hydrogens is 188 g/mol. The van der Waals surface area contributed by atoms with Crippen LogP contribution in [0.1, 0.15) is 6.55 Å². The summed E-state index contributed by atoms with van der Waals surface area (Å²) in [6.07, 6.45) is 1.37. The van der Waals surface area contributed by atoms with Gasteiger partial charge in [-0.2, -0.15) is 8.78 Å². The largest absolute Gasteiger partial charge is 0.497 e. The molecule has 1 aromatic carbocycles. The molecule has 74 valence electrons. The molecular formula is C10H9F2NO. The minimum atomic E-state index is -2.50. The number of halogens is 2. The van der Waals surface area contributed by atoms with Crippen molar-refractivity contribution in [2.24, 2.45) is 0 Å². The predicted octanol–water partition coefficient (Wildman–Crippen LogP) is 3.05. The van der Waals surface area contributed by atoms with Gasteiger partial charge in [-0.3, -0.25) is 4.57 Å². The van der Waals surface area contributed by atoms with Crippen molar-refractivity contribution in [2.75, 3.05) is 7.11 Å². The number of rotatable bonds is 2. The van der Waals surface area contributed by atoms with E-state index in [-0.39, 0.29) is 0 Å². The van der Waals surface area contributed by atoms with E-state index in [2.05, 4.69) is 0 Å². The summed E-state index contributed by atoms with van der Waals surface area (Å²) < 4.78 is 30.8. The van der Waals surface area contributed by atoms with E-state index in [1.54, 1.807) is 31.4 Å². The maximum Gasteiger partial charge on any atom is 0.319 e. The monoisotopic (exact) mass is 197 g/mol. The maximum absolute atomic E-state index is 12.4. The average Bonchev–Trinajstić information content (AvgIpc) is 2.59. The van der Waals surface area contributed by atoms with Gasteiger partial charge >= 0.3 is 6.55 Å². The Morgan fingerprint density at radius 2 is 2.07 bits per heavy atom. The van der Waals surface area contributed by atoms with Crippen LogP contribution in [0.25, 0.3) is 10.9 Å². The van der Waals surface area contributed by atoms with Crippen molar-refractivity contribution >= 4 is 10.9 Å². The van der Waals surface area contributed by atoms with Crippen LogP contribution in [0.4, 0.5) is 8.78 Å². The third-order valence-electron chi connectivity index (χ3n) is 2.14. The van der Waals surface area contributed by atoms with Gasteiger partial charge in [0.15, 0.2) is 0 Å². The molecule has 0 atom stereocenters. The molecule has 1 heterocycles. The highest BCUT2D eigenvalue weighted by Gasteiger charge is 2.09. The van der Waals surface area contributed by atoms with Gasteiger partial charge in [-0.15, -0.1) is 0 Å². The lowest BCUT2D eigenvalue weighted by Gasteiger charge is -2.03. The minimum Gasteiger partial charge on any atom is -0.497 e. The van der Waals surface area contributed by atoms with Gasteiger partial charge < -0.3 is 4.74 Å². The summed E-state index contributed by atoms with van der Waals surface area (Å²) >= 11 is 0. The lowest BCUT2D eigenvalue weighted by atomic mass is 10.2. The van der Waals surface area contributed by atoms with Gasteiger partial charge in [0, 0.05) is 11.6 Å². The van der Waals surface area contributed by atoms with Crippen LogP contribution < -0.4 is 4.74 Å². The van der Waals surface area contributed by atoms with Crippen molar-refractivity contribution in [3.63, 3.8) is 0 Å². The lowest BCUT2D eigenvalue weighted by Crippen LogP contribution is -1.94. The molecule has 0 bridgehead atoms. The van der Waals surface area contributed by atoms with Crippen molar-refractivity contribution in [1.82, 2.24) is 4.57 Å². The van der Waals surface area contributed by atoms with E-state index in [0.29, 0.717) is 11.3 Å². The van der Waals surface area contributed by atoms with Crippen LogP contribution in [0, 0.1) is 0 Å². The normalized spacial score (nSPS) is 11.1. The zero-order valence-corrected chi connectivity index (χ0v) is 7.58. The van der Waals surface area contributed by atoms with Crippen molar-refractivity contribution < 1.29 is 13.5 Å². The standard InChI is InChI=1S/C10H9F2NO/c1-14-8-2-3-9-7(6-8)4-5-13(9)10(11)12/h2-6,10H,1H3. The summed E-state index contributed by atoms with van der Waals surface area (Å²) in [5, 5.41) is 0.754. The van der Waals surface area contributed by atoms with E-state index in [0.717, 1.165) is 9.95 Å². The third-order valence-corrected chi connectivity index (χ3v) is 2.14. The Hall–Kier alpha value is -1.58. The second kappa shape index (κ2) is 3.29. The van der Waals surface area contributed by atoms with Crippen LogP contribution in [0.15, 0.2) is 30.5 Å². The first-order valence-corrected chi connectivity index (χ1v) is 4.15. The molecule has 0 saturated heterocycles. The quantitative estimate of drug-likeness (QED) is 0.721. The van der Waals surface area contributed by atoms with Gasteiger partial charge in [-0.25, -0.2) is 0 Å². The fraction of sp³-hybridized carbons (Fsp3) is 0.200. The van der Waals surface area contributed by atoms with E-state index in [1.165, 1.54) is 6.20 Å². The van der Waals surface area contributed by atoms with Crippen LogP contribution in [-0.2, 0) is 0 Å². The fourth-order valence-electron chi connectivity index (χ4n) is 1.44. The molecule has 0 unspecified atom stereocenters. The summed E-state index contributed by atoms with van der Waals surface area (Å²) in [6.45, 7) is -2.50. The molecule has 0 fully saturated rings. The Morgan fingerprint density at radius 1 is 1.29 bits per heavy atom. The van der Waals surface area contributed by atoms with Gasteiger partial charge in [-0.05, 0) is 24.3 Å². The first-order valence-electron chi connectivity index (χ1n) is 4.15. The second-order valence-electron chi connectivity index (χ2n) is 2.93. The number of benzene rings is 1. The summed E-state index contributed by atoms with van der Waals surface area (Å²) in [4.78, 5) is 0. The number of ether oxygens (including phenoxy) is 1. The van der Waals surface area contributed by atoms with E-state index in [4.69, 9.17) is 4.74 Å². The molecule has 0 N–H and O–H groups in total. The van der Waals surface area contributed by atoms with Crippen LogP contribution in [-0.4, -0.2) is 11.7 Å². The van der Waals surface area contributed by atoms with Gasteiger partial charge in [-0.1, -0.05) is 0 Å². The molecule has 0 saturated carbocycles. The van der Waals surface area contributed by atoms with Crippen LogP contribution in [0.5, 0.6) is 5.75 Å². The Labute approximate surface area is 79.7 Å². The average molecular weight is 197 g/mol. The Bertz CT molecular complexity index is 450. The number of hydrogen-bond donors (Lipinski definition) is 0. The van der Waals surface area contributed by atoms with Crippen LogP contribution in [0.3, 0.4) is 0 Å². The first-order chi connectivity index (χ1) is 6.72. The minimum absolute atomic E-state index is 0.515. The van der Waals surface area contributed by atoms with Gasteiger partial charge in [0.1, 0.15) is 5.75 Å².